The first-order valence-electron chi connectivity index (χ1n) is 10.6. The van der Waals surface area contributed by atoms with Crippen LogP contribution in [-0.2, 0) is 0 Å². The van der Waals surface area contributed by atoms with Gasteiger partial charge in [-0.15, -0.1) is 0 Å². The van der Waals surface area contributed by atoms with Crippen LogP contribution in [0, 0.1) is 0 Å². The molecule has 1 fully saturated rings. The van der Waals surface area contributed by atoms with Crippen LogP contribution in [0.4, 0.5) is 5.69 Å². The Morgan fingerprint density at radius 3 is 2.29 bits per heavy atom. The molecule has 0 bridgehead atoms. The van der Waals surface area contributed by atoms with E-state index in [1.807, 2.05) is 24.4 Å². The van der Waals surface area contributed by atoms with Crippen molar-refractivity contribution in [2.24, 2.45) is 0 Å². The quantitative estimate of drug-likeness (QED) is 0.573. The van der Waals surface area contributed by atoms with Gasteiger partial charge in [0.2, 0.25) is 0 Å². The lowest BCUT2D eigenvalue weighted by molar-refractivity contribution is 0.0647. The molecule has 3 aromatic rings. The smallest absolute Gasteiger partial charge is 0.261 e. The van der Waals surface area contributed by atoms with Crippen LogP contribution >= 0.6 is 11.6 Å². The van der Waals surface area contributed by atoms with Crippen LogP contribution in [0.15, 0.2) is 54.7 Å². The maximum absolute atomic E-state index is 12.5. The molecule has 1 aromatic heterocycles. The number of amides is 2. The Labute approximate surface area is 186 Å². The number of aromatic nitrogens is 1. The number of hydrogen-bond donors (Lipinski definition) is 0. The number of anilines is 1. The first-order chi connectivity index (χ1) is 15.1. The molecular formula is C24H23ClN4O2. The SMILES string of the molecule is O=C1c2ccccc2C(=O)N1CCCN1CCN(c2ccnc3cc(Cl)ccc23)CC1. The van der Waals surface area contributed by atoms with Crippen LogP contribution in [0.2, 0.25) is 5.02 Å². The number of rotatable bonds is 5. The van der Waals surface area contributed by atoms with Crippen LogP contribution in [0.25, 0.3) is 10.9 Å². The average molecular weight is 435 g/mol. The van der Waals surface area contributed by atoms with E-state index in [1.54, 1.807) is 24.3 Å². The van der Waals surface area contributed by atoms with Gasteiger partial charge < -0.3 is 4.90 Å². The predicted octanol–water partition coefficient (Wildman–Crippen LogP) is 3.70. The molecule has 31 heavy (non-hydrogen) atoms. The minimum absolute atomic E-state index is 0.171. The Balaban J connectivity index is 1.16. The van der Waals surface area contributed by atoms with Crippen molar-refractivity contribution in [2.45, 2.75) is 6.42 Å². The number of halogens is 1. The maximum atomic E-state index is 12.5. The number of carbonyl (C=O) groups is 2. The highest BCUT2D eigenvalue weighted by Crippen LogP contribution is 2.28. The van der Waals surface area contributed by atoms with Gasteiger partial charge >= 0.3 is 0 Å². The van der Waals surface area contributed by atoms with Gasteiger partial charge in [-0.1, -0.05) is 23.7 Å². The molecule has 6 nitrogen and oxygen atoms in total. The minimum Gasteiger partial charge on any atom is -0.368 e. The summed E-state index contributed by atoms with van der Waals surface area (Å²) in [7, 11) is 0. The van der Waals surface area contributed by atoms with Crippen LogP contribution in [-0.4, -0.2) is 65.9 Å². The number of piperazine rings is 1. The fraction of sp³-hybridized carbons (Fsp3) is 0.292. The maximum Gasteiger partial charge on any atom is 0.261 e. The Morgan fingerprint density at radius 1 is 0.871 bits per heavy atom. The first-order valence-corrected chi connectivity index (χ1v) is 11.0. The molecule has 0 atom stereocenters. The second-order valence-electron chi connectivity index (χ2n) is 7.98. The van der Waals surface area contributed by atoms with Gasteiger partial charge in [0.15, 0.2) is 0 Å². The van der Waals surface area contributed by atoms with Gasteiger partial charge in [0.25, 0.3) is 11.8 Å². The van der Waals surface area contributed by atoms with Crippen molar-refractivity contribution >= 4 is 40.0 Å². The van der Waals surface area contributed by atoms with E-state index in [9.17, 15) is 9.59 Å². The number of carbonyl (C=O) groups excluding carboxylic acids is 2. The molecule has 5 rings (SSSR count). The van der Waals surface area contributed by atoms with Crippen LogP contribution in [0.5, 0.6) is 0 Å². The molecular weight excluding hydrogens is 412 g/mol. The zero-order valence-corrected chi connectivity index (χ0v) is 17.9. The molecule has 1 saturated heterocycles. The third-order valence-electron chi connectivity index (χ3n) is 6.13. The molecule has 2 aromatic carbocycles. The Morgan fingerprint density at radius 2 is 1.58 bits per heavy atom. The van der Waals surface area contributed by atoms with E-state index >= 15 is 0 Å². The normalized spacial score (nSPS) is 16.9. The highest BCUT2D eigenvalue weighted by Gasteiger charge is 2.34. The molecule has 3 heterocycles. The van der Waals surface area contributed by atoms with E-state index in [4.69, 9.17) is 11.6 Å². The minimum atomic E-state index is -0.171. The van der Waals surface area contributed by atoms with Crippen molar-refractivity contribution in [2.75, 3.05) is 44.2 Å². The molecule has 0 aliphatic carbocycles. The third-order valence-corrected chi connectivity index (χ3v) is 6.36. The summed E-state index contributed by atoms with van der Waals surface area (Å²) < 4.78 is 0. The molecule has 2 aliphatic rings. The molecule has 0 unspecified atom stereocenters. The Kier molecular flexibility index (Phi) is 5.34. The molecule has 2 aliphatic heterocycles. The summed E-state index contributed by atoms with van der Waals surface area (Å²) in [6, 6.07) is 15.0. The van der Waals surface area contributed by atoms with Gasteiger partial charge in [0, 0.05) is 55.0 Å². The van der Waals surface area contributed by atoms with Crippen LogP contribution in [0.1, 0.15) is 27.1 Å². The molecule has 0 N–H and O–H groups in total. The second-order valence-corrected chi connectivity index (χ2v) is 8.42. The predicted molar refractivity (Wildman–Crippen MR) is 122 cm³/mol. The summed E-state index contributed by atoms with van der Waals surface area (Å²) in [4.78, 5) is 35.6. The number of imide groups is 1. The zero-order chi connectivity index (χ0) is 21.4. The van der Waals surface area contributed by atoms with Gasteiger partial charge in [-0.2, -0.15) is 0 Å². The molecule has 158 valence electrons. The van der Waals surface area contributed by atoms with Gasteiger partial charge in [0.05, 0.1) is 16.6 Å². The van der Waals surface area contributed by atoms with E-state index in [0.717, 1.165) is 50.0 Å². The van der Waals surface area contributed by atoms with E-state index in [1.165, 1.54) is 10.6 Å². The van der Waals surface area contributed by atoms with Crippen LogP contribution < -0.4 is 4.90 Å². The lowest BCUT2D eigenvalue weighted by atomic mass is 10.1. The average Bonchev–Trinajstić information content (AvgIpc) is 3.04. The van der Waals surface area contributed by atoms with Gasteiger partial charge in [-0.05, 0) is 49.4 Å². The molecule has 0 saturated carbocycles. The van der Waals surface area contributed by atoms with Gasteiger partial charge in [-0.25, -0.2) is 0 Å². The van der Waals surface area contributed by atoms with Crippen molar-refractivity contribution in [1.29, 1.82) is 0 Å². The zero-order valence-electron chi connectivity index (χ0n) is 17.1. The van der Waals surface area contributed by atoms with Gasteiger partial charge in [0.1, 0.15) is 0 Å². The number of hydrogen-bond acceptors (Lipinski definition) is 5. The Hall–Kier alpha value is -2.96. The number of fused-ring (bicyclic) bond motifs is 2. The fourth-order valence-electron chi connectivity index (χ4n) is 4.49. The summed E-state index contributed by atoms with van der Waals surface area (Å²) in [6.45, 7) is 5.07. The first kappa shape index (κ1) is 20.0. The standard InChI is InChI=1S/C24H23ClN4O2/c25-17-6-7-20-21(16-17)26-9-8-22(20)28-14-12-27(13-15-28)10-3-11-29-23(30)18-4-1-2-5-19(18)24(29)31/h1-2,4-9,16H,3,10-15H2. The second kappa shape index (κ2) is 8.29. The molecule has 7 heteroatoms. The molecule has 2 amide bonds. The van der Waals surface area contributed by atoms with E-state index < -0.39 is 0 Å². The summed E-state index contributed by atoms with van der Waals surface area (Å²) in [5.74, 6) is -0.342. The van der Waals surface area contributed by atoms with E-state index in [0.29, 0.717) is 22.7 Å². The summed E-state index contributed by atoms with van der Waals surface area (Å²) >= 11 is 6.11. The lowest BCUT2D eigenvalue weighted by Crippen LogP contribution is -2.47. The fourth-order valence-corrected chi connectivity index (χ4v) is 4.66. The number of nitrogens with zero attached hydrogens (tertiary/aromatic N) is 4. The lowest BCUT2D eigenvalue weighted by Gasteiger charge is -2.36. The van der Waals surface area contributed by atoms with Crippen molar-refractivity contribution in [1.82, 2.24) is 14.8 Å². The largest absolute Gasteiger partial charge is 0.368 e. The Bertz CT molecular complexity index is 1120. The molecule has 0 spiro atoms. The van der Waals surface area contributed by atoms with Crippen molar-refractivity contribution < 1.29 is 9.59 Å². The number of pyridine rings is 1. The van der Waals surface area contributed by atoms with E-state index in [-0.39, 0.29) is 11.8 Å². The summed E-state index contributed by atoms with van der Waals surface area (Å²) in [5.41, 5.74) is 3.14. The van der Waals surface area contributed by atoms with Crippen molar-refractivity contribution in [3.05, 3.63) is 70.9 Å². The monoisotopic (exact) mass is 434 g/mol. The third kappa shape index (κ3) is 3.77. The highest BCUT2D eigenvalue weighted by atomic mass is 35.5. The van der Waals surface area contributed by atoms with Crippen molar-refractivity contribution in [3.63, 3.8) is 0 Å². The summed E-state index contributed by atoms with van der Waals surface area (Å²) in [6.07, 6.45) is 2.62. The van der Waals surface area contributed by atoms with Gasteiger partial charge in [-0.3, -0.25) is 24.4 Å². The van der Waals surface area contributed by atoms with E-state index in [2.05, 4.69) is 20.9 Å². The highest BCUT2D eigenvalue weighted by molar-refractivity contribution is 6.31. The number of benzene rings is 2. The van der Waals surface area contributed by atoms with Crippen molar-refractivity contribution in [3.8, 4) is 0 Å². The van der Waals surface area contributed by atoms with Crippen LogP contribution in [0.3, 0.4) is 0 Å². The topological polar surface area (TPSA) is 56.8 Å². The summed E-state index contributed by atoms with van der Waals surface area (Å²) in [5, 5.41) is 1.81. The molecule has 0 radical (unpaired) electrons.